The van der Waals surface area contributed by atoms with E-state index >= 15 is 0 Å². The maximum absolute atomic E-state index is 8.67. The first kappa shape index (κ1) is 16.0. The Morgan fingerprint density at radius 1 is 1.33 bits per heavy atom. The Labute approximate surface area is 48.5 Å². The van der Waals surface area contributed by atoms with E-state index in [1.807, 2.05) is 0 Å². The van der Waals surface area contributed by atoms with Crippen LogP contribution in [-0.2, 0) is 28.4 Å². The minimum Gasteiger partial charge on any atom is -0.344 e. The molecule has 0 atom stereocenters. The van der Waals surface area contributed by atoms with E-state index in [0.29, 0.717) is 0 Å². The van der Waals surface area contributed by atoms with Gasteiger partial charge in [0.2, 0.25) is 0 Å². The van der Waals surface area contributed by atoms with Crippen LogP contribution in [0.2, 0.25) is 0 Å². The predicted octanol–water partition coefficient (Wildman–Crippen LogP) is -0.159. The van der Waals surface area contributed by atoms with Crippen LogP contribution < -0.4 is 6.15 Å². The van der Waals surface area contributed by atoms with E-state index in [1.165, 1.54) is 0 Å². The van der Waals surface area contributed by atoms with E-state index in [4.69, 9.17) is 13.3 Å². The quantitative estimate of drug-likeness (QED) is 0.334. The molecule has 0 aliphatic carbocycles. The summed E-state index contributed by atoms with van der Waals surface area (Å²) in [5, 5.41) is 0. The fourth-order valence-corrected chi connectivity index (χ4v) is 0. The molecule has 40 valence electrons. The van der Waals surface area contributed by atoms with Gasteiger partial charge in [0.15, 0.2) is 0 Å². The van der Waals surface area contributed by atoms with Gasteiger partial charge in [-0.1, -0.05) is 0 Å². The summed E-state index contributed by atoms with van der Waals surface area (Å²) in [7, 11) is 0. The van der Waals surface area contributed by atoms with Gasteiger partial charge in [-0.2, -0.15) is 4.21 Å². The molecule has 0 unspecified atom stereocenters. The maximum Gasteiger partial charge on any atom is 2.00 e. The van der Waals surface area contributed by atoms with E-state index in [-0.39, 0.29) is 23.2 Å². The van der Waals surface area contributed by atoms with E-state index < -0.39 is 11.4 Å². The van der Waals surface area contributed by atoms with Crippen LogP contribution in [0.5, 0.6) is 0 Å². The zero-order valence-corrected chi connectivity index (χ0v) is 4.69. The standard InChI is InChI=1S/Fe.H3N.H2O3S/c;;1-4(2)3/h;1H3;(H2,1,2,3)/q+2;;. The van der Waals surface area contributed by atoms with Crippen molar-refractivity contribution in [2.24, 2.45) is 0 Å². The second-order valence-corrected chi connectivity index (χ2v) is 0.692. The fourth-order valence-electron chi connectivity index (χ4n) is 0. The van der Waals surface area contributed by atoms with Crippen LogP contribution >= 0.6 is 0 Å². The molecule has 6 heteroatoms. The van der Waals surface area contributed by atoms with Crippen LogP contribution in [0.1, 0.15) is 0 Å². The van der Waals surface area contributed by atoms with Gasteiger partial charge >= 0.3 is 17.1 Å². The summed E-state index contributed by atoms with van der Waals surface area (Å²) < 4.78 is 22.8. The third kappa shape index (κ3) is 190. The Hall–Kier alpha value is 0.549. The summed E-state index contributed by atoms with van der Waals surface area (Å²) in [5.74, 6) is 0. The first-order valence-corrected chi connectivity index (χ1v) is 1.60. The third-order valence-electron chi connectivity index (χ3n) is 0. The molecule has 4 nitrogen and oxygen atoms in total. The van der Waals surface area contributed by atoms with Crippen molar-refractivity contribution in [1.82, 2.24) is 6.15 Å². The van der Waals surface area contributed by atoms with Crippen LogP contribution in [0, 0.1) is 0 Å². The summed E-state index contributed by atoms with van der Waals surface area (Å²) in [6, 6.07) is 0. The Balaban J connectivity index is -0.0000000450. The van der Waals surface area contributed by atoms with Crippen molar-refractivity contribution in [2.45, 2.75) is 0 Å². The van der Waals surface area contributed by atoms with Gasteiger partial charge in [0.25, 0.3) is 11.4 Å². The van der Waals surface area contributed by atoms with Crippen LogP contribution in [0.25, 0.3) is 0 Å². The second-order valence-electron chi connectivity index (χ2n) is 0.231. The molecule has 0 aliphatic heterocycles. The van der Waals surface area contributed by atoms with Crippen LogP contribution in [-0.4, -0.2) is 13.3 Å². The van der Waals surface area contributed by atoms with Crippen LogP contribution in [0.15, 0.2) is 0 Å². The van der Waals surface area contributed by atoms with Crippen LogP contribution in [0.4, 0.5) is 0 Å². The summed E-state index contributed by atoms with van der Waals surface area (Å²) in [6.07, 6.45) is 0. The molecule has 6 heavy (non-hydrogen) atoms. The van der Waals surface area contributed by atoms with Crippen molar-refractivity contribution < 1.29 is 30.4 Å². The van der Waals surface area contributed by atoms with Crippen LogP contribution in [0.3, 0.4) is 0 Å². The fraction of sp³-hybridized carbons (Fsp3) is 0. The molecule has 0 heterocycles. The normalized spacial score (nSPS) is 5.83. The molecule has 0 spiro atoms. The SMILES string of the molecule is N.O=S(O)O.[Fe+2]. The van der Waals surface area contributed by atoms with Gasteiger partial charge in [0.05, 0.1) is 0 Å². The summed E-state index contributed by atoms with van der Waals surface area (Å²) in [6.45, 7) is 0. The molecule has 0 saturated carbocycles. The van der Waals surface area contributed by atoms with Crippen molar-refractivity contribution in [3.05, 3.63) is 0 Å². The van der Waals surface area contributed by atoms with E-state index in [2.05, 4.69) is 0 Å². The molecule has 0 saturated heterocycles. The first-order chi connectivity index (χ1) is 1.73. The van der Waals surface area contributed by atoms with Gasteiger partial charge in [0.1, 0.15) is 0 Å². The Kier molecular flexibility index (Phi) is 24.3. The zero-order chi connectivity index (χ0) is 3.58. The first-order valence-electron chi connectivity index (χ1n) is 0.532. The van der Waals surface area contributed by atoms with Gasteiger partial charge < -0.3 is 6.15 Å². The van der Waals surface area contributed by atoms with Gasteiger partial charge in [0, 0.05) is 0 Å². The predicted molar refractivity (Wildman–Crippen MR) is 18.4 cm³/mol. The van der Waals surface area contributed by atoms with Crippen molar-refractivity contribution in [3.8, 4) is 0 Å². The topological polar surface area (TPSA) is 92.5 Å². The minimum atomic E-state index is -2.61. The Morgan fingerprint density at radius 2 is 1.33 bits per heavy atom. The molecule has 0 fully saturated rings. The molecular weight excluding hydrogens is 150 g/mol. The molecule has 0 aromatic rings. The molecule has 0 aromatic carbocycles. The molecule has 0 aliphatic rings. The average Bonchev–Trinajstić information content (AvgIpc) is 0.811. The average molecular weight is 155 g/mol. The van der Waals surface area contributed by atoms with Crippen molar-refractivity contribution in [1.29, 1.82) is 0 Å². The minimum absolute atomic E-state index is 0. The Bertz CT molecular complexity index is 33.8. The van der Waals surface area contributed by atoms with Crippen molar-refractivity contribution in [3.63, 3.8) is 0 Å². The summed E-state index contributed by atoms with van der Waals surface area (Å²) >= 11 is -2.61. The van der Waals surface area contributed by atoms with Gasteiger partial charge in [-0.05, 0) is 0 Å². The molecule has 0 radical (unpaired) electrons. The molecular formula is H5FeNO3S+2. The van der Waals surface area contributed by atoms with Crippen molar-refractivity contribution in [2.75, 3.05) is 0 Å². The van der Waals surface area contributed by atoms with Gasteiger partial charge in [-0.15, -0.1) is 0 Å². The largest absolute Gasteiger partial charge is 2.00 e. The van der Waals surface area contributed by atoms with E-state index in [1.54, 1.807) is 0 Å². The smallest absolute Gasteiger partial charge is 0.344 e. The third-order valence-corrected chi connectivity index (χ3v) is 0. The van der Waals surface area contributed by atoms with E-state index in [0.717, 1.165) is 0 Å². The maximum atomic E-state index is 8.67. The summed E-state index contributed by atoms with van der Waals surface area (Å²) in [5.41, 5.74) is 0. The monoisotopic (exact) mass is 155 g/mol. The zero-order valence-electron chi connectivity index (χ0n) is 2.77. The second kappa shape index (κ2) is 9.12. The van der Waals surface area contributed by atoms with E-state index in [9.17, 15) is 0 Å². The molecule has 0 bridgehead atoms. The van der Waals surface area contributed by atoms with Crippen molar-refractivity contribution >= 4 is 11.4 Å². The number of rotatable bonds is 0. The molecule has 5 N–H and O–H groups in total. The molecule has 0 rings (SSSR count). The number of hydrogen-bond donors (Lipinski definition) is 3. The Morgan fingerprint density at radius 3 is 1.33 bits per heavy atom. The summed E-state index contributed by atoms with van der Waals surface area (Å²) in [4.78, 5) is 0. The molecule has 0 aromatic heterocycles. The molecule has 0 amide bonds. The van der Waals surface area contributed by atoms with Gasteiger partial charge in [-0.3, -0.25) is 9.11 Å². The number of hydrogen-bond acceptors (Lipinski definition) is 2. The van der Waals surface area contributed by atoms with Gasteiger partial charge in [-0.25, -0.2) is 0 Å².